The molecule has 4 nitrogen and oxygen atoms in total. The second-order valence-electron chi connectivity index (χ2n) is 4.45. The van der Waals surface area contributed by atoms with Crippen molar-refractivity contribution in [3.05, 3.63) is 59.7 Å². The molecule has 0 aliphatic heterocycles. The average molecular weight is 269 g/mol. The molecule has 0 aliphatic rings. The number of hydrogen-bond acceptors (Lipinski definition) is 2. The van der Waals surface area contributed by atoms with Crippen LogP contribution in [-0.2, 0) is 6.54 Å². The van der Waals surface area contributed by atoms with E-state index in [0.29, 0.717) is 5.56 Å². The van der Waals surface area contributed by atoms with Gasteiger partial charge in [0.2, 0.25) is 0 Å². The molecule has 0 fully saturated rings. The van der Waals surface area contributed by atoms with Gasteiger partial charge in [-0.3, -0.25) is 4.79 Å². The Balaban J connectivity index is 2.39. The fraction of sp³-hybridized carbons (Fsp3) is 0.125. The molecule has 1 amide bonds. The van der Waals surface area contributed by atoms with Crippen molar-refractivity contribution in [3.8, 4) is 11.1 Å². The molecule has 2 aromatic rings. The maximum absolute atomic E-state index is 11.4. The van der Waals surface area contributed by atoms with Crippen LogP contribution in [0, 0.1) is 0 Å². The fourth-order valence-electron chi connectivity index (χ4n) is 2.03. The van der Waals surface area contributed by atoms with E-state index in [1.54, 1.807) is 6.07 Å². The predicted molar refractivity (Wildman–Crippen MR) is 76.7 cm³/mol. The van der Waals surface area contributed by atoms with E-state index in [1.165, 1.54) is 6.92 Å². The standard InChI is InChI=1S/C16H15NO3/c1-11(18)12-6-4-7-13(9-12)15-8-3-2-5-14(15)10-17-16(19)20/h2-9,17H,10H2,1H3,(H,19,20). The molecule has 2 aromatic carbocycles. The number of Topliss-reactive ketones (excluding diaryl/α,β-unsaturated/α-hetero) is 1. The Bertz CT molecular complexity index is 650. The molecule has 0 aliphatic carbocycles. The molecule has 0 radical (unpaired) electrons. The summed E-state index contributed by atoms with van der Waals surface area (Å²) in [6.45, 7) is 1.76. The zero-order valence-corrected chi connectivity index (χ0v) is 11.1. The van der Waals surface area contributed by atoms with Gasteiger partial charge in [-0.2, -0.15) is 0 Å². The first-order valence-electron chi connectivity index (χ1n) is 6.24. The minimum Gasteiger partial charge on any atom is -0.465 e. The third kappa shape index (κ3) is 3.23. The lowest BCUT2D eigenvalue weighted by molar-refractivity contribution is 0.101. The molecule has 0 atom stereocenters. The van der Waals surface area contributed by atoms with Crippen molar-refractivity contribution in [1.82, 2.24) is 5.32 Å². The van der Waals surface area contributed by atoms with E-state index >= 15 is 0 Å². The highest BCUT2D eigenvalue weighted by molar-refractivity contribution is 5.95. The fourth-order valence-corrected chi connectivity index (χ4v) is 2.03. The number of rotatable bonds is 4. The van der Waals surface area contributed by atoms with Gasteiger partial charge in [-0.1, -0.05) is 42.5 Å². The van der Waals surface area contributed by atoms with Crippen molar-refractivity contribution in [2.24, 2.45) is 0 Å². The van der Waals surface area contributed by atoms with E-state index in [9.17, 15) is 9.59 Å². The van der Waals surface area contributed by atoms with Crippen LogP contribution in [0.2, 0.25) is 0 Å². The summed E-state index contributed by atoms with van der Waals surface area (Å²) < 4.78 is 0. The highest BCUT2D eigenvalue weighted by atomic mass is 16.4. The van der Waals surface area contributed by atoms with Gasteiger partial charge in [-0.15, -0.1) is 0 Å². The van der Waals surface area contributed by atoms with Crippen molar-refractivity contribution in [2.45, 2.75) is 13.5 Å². The smallest absolute Gasteiger partial charge is 0.404 e. The molecule has 102 valence electrons. The molecule has 0 unspecified atom stereocenters. The minimum atomic E-state index is -1.06. The summed E-state index contributed by atoms with van der Waals surface area (Å²) in [6, 6.07) is 14.9. The largest absolute Gasteiger partial charge is 0.465 e. The van der Waals surface area contributed by atoms with Gasteiger partial charge >= 0.3 is 6.09 Å². The Labute approximate surface area is 117 Å². The molecule has 0 spiro atoms. The molecule has 4 heteroatoms. The van der Waals surface area contributed by atoms with E-state index in [2.05, 4.69) is 5.32 Å². The summed E-state index contributed by atoms with van der Waals surface area (Å²) in [4.78, 5) is 22.0. The molecule has 2 rings (SSSR count). The van der Waals surface area contributed by atoms with Crippen LogP contribution >= 0.6 is 0 Å². The minimum absolute atomic E-state index is 0.00740. The van der Waals surface area contributed by atoms with Crippen LogP contribution in [0.15, 0.2) is 48.5 Å². The zero-order valence-electron chi connectivity index (χ0n) is 11.1. The Hall–Kier alpha value is -2.62. The monoisotopic (exact) mass is 269 g/mol. The van der Waals surface area contributed by atoms with Crippen LogP contribution in [0.4, 0.5) is 4.79 Å². The number of benzene rings is 2. The van der Waals surface area contributed by atoms with Crippen molar-refractivity contribution >= 4 is 11.9 Å². The summed E-state index contributed by atoms with van der Waals surface area (Å²) >= 11 is 0. The van der Waals surface area contributed by atoms with Crippen LogP contribution in [0.3, 0.4) is 0 Å². The number of carbonyl (C=O) groups excluding carboxylic acids is 1. The molecule has 0 bridgehead atoms. The van der Waals surface area contributed by atoms with Gasteiger partial charge in [-0.05, 0) is 29.7 Å². The van der Waals surface area contributed by atoms with Gasteiger partial charge in [-0.25, -0.2) is 4.79 Å². The van der Waals surface area contributed by atoms with Crippen molar-refractivity contribution in [3.63, 3.8) is 0 Å². The third-order valence-corrected chi connectivity index (χ3v) is 3.03. The molecule has 2 N–H and O–H groups in total. The summed E-state index contributed by atoms with van der Waals surface area (Å²) in [5.74, 6) is 0.00740. The third-order valence-electron chi connectivity index (χ3n) is 3.03. The Morgan fingerprint density at radius 3 is 2.55 bits per heavy atom. The van der Waals surface area contributed by atoms with Crippen molar-refractivity contribution in [2.75, 3.05) is 0 Å². The first-order chi connectivity index (χ1) is 9.58. The SMILES string of the molecule is CC(=O)c1cccc(-c2ccccc2CNC(=O)O)c1. The van der Waals surface area contributed by atoms with Crippen LogP contribution in [-0.4, -0.2) is 17.0 Å². The first kappa shape index (κ1) is 13.8. The van der Waals surface area contributed by atoms with E-state index < -0.39 is 6.09 Å². The Morgan fingerprint density at radius 1 is 1.10 bits per heavy atom. The molecule has 0 saturated carbocycles. The Kier molecular flexibility index (Phi) is 4.15. The zero-order chi connectivity index (χ0) is 14.5. The lowest BCUT2D eigenvalue weighted by Gasteiger charge is -2.10. The number of nitrogens with one attached hydrogen (secondary N) is 1. The lowest BCUT2D eigenvalue weighted by Crippen LogP contribution is -2.20. The summed E-state index contributed by atoms with van der Waals surface area (Å²) in [5.41, 5.74) is 3.34. The van der Waals surface area contributed by atoms with Crippen LogP contribution < -0.4 is 5.32 Å². The number of amides is 1. The summed E-state index contributed by atoms with van der Waals surface area (Å²) in [7, 11) is 0. The van der Waals surface area contributed by atoms with Gasteiger partial charge in [0.1, 0.15) is 0 Å². The topological polar surface area (TPSA) is 66.4 Å². The van der Waals surface area contributed by atoms with E-state index in [0.717, 1.165) is 16.7 Å². The molecule has 0 saturated heterocycles. The van der Waals surface area contributed by atoms with Gasteiger partial charge < -0.3 is 10.4 Å². The number of carbonyl (C=O) groups is 2. The van der Waals surface area contributed by atoms with Crippen LogP contribution in [0.1, 0.15) is 22.8 Å². The normalized spacial score (nSPS) is 10.1. The van der Waals surface area contributed by atoms with Crippen molar-refractivity contribution < 1.29 is 14.7 Å². The number of hydrogen-bond donors (Lipinski definition) is 2. The van der Waals surface area contributed by atoms with Crippen molar-refractivity contribution in [1.29, 1.82) is 0 Å². The summed E-state index contributed by atoms with van der Waals surface area (Å²) in [6.07, 6.45) is -1.06. The first-order valence-corrected chi connectivity index (χ1v) is 6.24. The van der Waals surface area contributed by atoms with E-state index in [1.807, 2.05) is 42.5 Å². The number of ketones is 1. The van der Waals surface area contributed by atoms with E-state index in [4.69, 9.17) is 5.11 Å². The quantitative estimate of drug-likeness (QED) is 0.837. The highest BCUT2D eigenvalue weighted by Crippen LogP contribution is 2.24. The molecule has 0 heterocycles. The van der Waals surface area contributed by atoms with Gasteiger partial charge in [0, 0.05) is 12.1 Å². The van der Waals surface area contributed by atoms with Gasteiger partial charge in [0.05, 0.1) is 0 Å². The maximum Gasteiger partial charge on any atom is 0.404 e. The lowest BCUT2D eigenvalue weighted by atomic mass is 9.97. The summed E-state index contributed by atoms with van der Waals surface area (Å²) in [5, 5.41) is 11.1. The Morgan fingerprint density at radius 2 is 1.85 bits per heavy atom. The second-order valence-corrected chi connectivity index (χ2v) is 4.45. The van der Waals surface area contributed by atoms with E-state index in [-0.39, 0.29) is 12.3 Å². The van der Waals surface area contributed by atoms with Gasteiger partial charge in [0.15, 0.2) is 5.78 Å². The highest BCUT2D eigenvalue weighted by Gasteiger charge is 2.07. The molecule has 20 heavy (non-hydrogen) atoms. The maximum atomic E-state index is 11.4. The molecule has 0 aromatic heterocycles. The molecular weight excluding hydrogens is 254 g/mol. The van der Waals surface area contributed by atoms with Crippen LogP contribution in [0.25, 0.3) is 11.1 Å². The molecular formula is C16H15NO3. The average Bonchev–Trinajstić information content (AvgIpc) is 2.45. The number of carboxylic acid groups (broad SMARTS) is 1. The van der Waals surface area contributed by atoms with Gasteiger partial charge in [0.25, 0.3) is 0 Å². The predicted octanol–water partition coefficient (Wildman–Crippen LogP) is 3.32. The van der Waals surface area contributed by atoms with Crippen LogP contribution in [0.5, 0.6) is 0 Å². The second kappa shape index (κ2) is 6.02.